The van der Waals surface area contributed by atoms with Crippen molar-refractivity contribution >= 4 is 17.8 Å². The van der Waals surface area contributed by atoms with E-state index in [-0.39, 0.29) is 0 Å². The zero-order chi connectivity index (χ0) is 5.82. The molecule has 3 heteroatoms. The van der Waals surface area contributed by atoms with Gasteiger partial charge < -0.3 is 4.79 Å². The summed E-state index contributed by atoms with van der Waals surface area (Å²) < 4.78 is 3.92. The second-order valence-corrected chi connectivity index (χ2v) is 2.03. The van der Waals surface area contributed by atoms with Gasteiger partial charge >= 0.3 is 0 Å². The lowest BCUT2D eigenvalue weighted by Crippen LogP contribution is -1.81. The molecule has 0 saturated heterocycles. The molecule has 0 aliphatic heterocycles. The molecule has 2 nitrogen and oxygen atoms in total. The first-order valence-electron chi connectivity index (χ1n) is 2.26. The highest BCUT2D eigenvalue weighted by Crippen LogP contribution is 1.97. The second-order valence-electron chi connectivity index (χ2n) is 1.36. The minimum Gasteiger partial charge on any atom is -0.303 e. The van der Waals surface area contributed by atoms with Gasteiger partial charge in [0.15, 0.2) is 0 Å². The Hall–Kier alpha value is -0.700. The van der Waals surface area contributed by atoms with Gasteiger partial charge in [0, 0.05) is 11.8 Å². The maximum absolute atomic E-state index is 9.84. The van der Waals surface area contributed by atoms with Crippen molar-refractivity contribution in [1.82, 2.24) is 4.37 Å². The number of aromatic nitrogens is 1. The molecule has 0 aromatic carbocycles. The predicted molar refractivity (Wildman–Crippen MR) is 31.9 cm³/mol. The zero-order valence-electron chi connectivity index (χ0n) is 4.20. The maximum atomic E-state index is 9.84. The number of hydrogen-bond acceptors (Lipinski definition) is 3. The first kappa shape index (κ1) is 5.44. The van der Waals surface area contributed by atoms with Crippen LogP contribution in [0.15, 0.2) is 11.4 Å². The van der Waals surface area contributed by atoms with Crippen LogP contribution in [0.5, 0.6) is 0 Å². The molecule has 0 saturated carbocycles. The normalized spacial score (nSPS) is 9.00. The van der Waals surface area contributed by atoms with Crippen LogP contribution in [0.3, 0.4) is 0 Å². The molecule has 1 heterocycles. The molecule has 42 valence electrons. The molecule has 1 aromatic rings. The largest absolute Gasteiger partial charge is 0.303 e. The zero-order valence-corrected chi connectivity index (χ0v) is 5.02. The Morgan fingerprint density at radius 2 is 2.75 bits per heavy atom. The van der Waals surface area contributed by atoms with E-state index in [1.54, 1.807) is 0 Å². The Morgan fingerprint density at radius 1 is 1.88 bits per heavy atom. The van der Waals surface area contributed by atoms with Crippen molar-refractivity contribution in [1.29, 1.82) is 0 Å². The topological polar surface area (TPSA) is 30.0 Å². The summed E-state index contributed by atoms with van der Waals surface area (Å²) in [6, 6.07) is 1.85. The van der Waals surface area contributed by atoms with Gasteiger partial charge in [-0.2, -0.15) is 4.37 Å². The van der Waals surface area contributed by atoms with E-state index in [0.29, 0.717) is 6.42 Å². The highest BCUT2D eigenvalue weighted by atomic mass is 32.1. The summed E-state index contributed by atoms with van der Waals surface area (Å²) in [5.74, 6) is 0. The molecule has 1 rings (SSSR count). The molecule has 0 bridgehead atoms. The molecule has 0 aliphatic rings. The molecule has 0 aliphatic carbocycles. The standard InChI is InChI=1S/C5H5NOS/c7-3-1-5-2-4-8-6-5/h2-4H,1H2. The first-order valence-corrected chi connectivity index (χ1v) is 3.10. The Bertz CT molecular complexity index is 159. The van der Waals surface area contributed by atoms with Crippen molar-refractivity contribution in [2.75, 3.05) is 0 Å². The predicted octanol–water partition coefficient (Wildman–Crippen LogP) is 0.885. The molecule has 0 amide bonds. The van der Waals surface area contributed by atoms with E-state index in [1.165, 1.54) is 11.5 Å². The average molecular weight is 127 g/mol. The average Bonchev–Trinajstić information content (AvgIpc) is 2.19. The van der Waals surface area contributed by atoms with Crippen LogP contribution < -0.4 is 0 Å². The molecule has 8 heavy (non-hydrogen) atoms. The van der Waals surface area contributed by atoms with Gasteiger partial charge in [0.05, 0.1) is 5.69 Å². The first-order chi connectivity index (χ1) is 3.93. The van der Waals surface area contributed by atoms with Crippen LogP contribution in [0.25, 0.3) is 0 Å². The van der Waals surface area contributed by atoms with Crippen molar-refractivity contribution in [2.24, 2.45) is 0 Å². The molecule has 1 aromatic heterocycles. The van der Waals surface area contributed by atoms with Crippen LogP contribution in [-0.4, -0.2) is 10.7 Å². The fourth-order valence-corrected chi connectivity index (χ4v) is 0.978. The van der Waals surface area contributed by atoms with Crippen molar-refractivity contribution < 1.29 is 4.79 Å². The van der Waals surface area contributed by atoms with Gasteiger partial charge in [-0.05, 0) is 17.6 Å². The Morgan fingerprint density at radius 3 is 3.25 bits per heavy atom. The maximum Gasteiger partial charge on any atom is 0.125 e. The lowest BCUT2D eigenvalue weighted by Gasteiger charge is -1.76. The second kappa shape index (κ2) is 2.57. The van der Waals surface area contributed by atoms with E-state index in [0.717, 1.165) is 12.0 Å². The SMILES string of the molecule is O=CCc1ccsn1. The lowest BCUT2D eigenvalue weighted by molar-refractivity contribution is -0.107. The van der Waals surface area contributed by atoms with E-state index < -0.39 is 0 Å². The highest BCUT2D eigenvalue weighted by molar-refractivity contribution is 7.03. The third kappa shape index (κ3) is 1.13. The van der Waals surface area contributed by atoms with Crippen molar-refractivity contribution in [3.63, 3.8) is 0 Å². The Balaban J connectivity index is 2.62. The van der Waals surface area contributed by atoms with Gasteiger partial charge in [-0.25, -0.2) is 0 Å². The third-order valence-electron chi connectivity index (χ3n) is 0.784. The van der Waals surface area contributed by atoms with E-state index in [2.05, 4.69) is 4.37 Å². The summed E-state index contributed by atoms with van der Waals surface area (Å²) in [5, 5.41) is 1.86. The number of hydrogen-bond donors (Lipinski definition) is 0. The summed E-state index contributed by atoms with van der Waals surface area (Å²) in [4.78, 5) is 9.84. The summed E-state index contributed by atoms with van der Waals surface area (Å²) in [6.45, 7) is 0. The number of carbonyl (C=O) groups is 1. The third-order valence-corrected chi connectivity index (χ3v) is 1.38. The molecule has 0 N–H and O–H groups in total. The minimum atomic E-state index is 0.448. The minimum absolute atomic E-state index is 0.448. The van der Waals surface area contributed by atoms with E-state index in [9.17, 15) is 4.79 Å². The number of aldehydes is 1. The molecular formula is C5H5NOS. The molecule has 0 radical (unpaired) electrons. The quantitative estimate of drug-likeness (QED) is 0.552. The number of carbonyl (C=O) groups excluding carboxylic acids is 1. The smallest absolute Gasteiger partial charge is 0.125 e. The van der Waals surface area contributed by atoms with Gasteiger partial charge in [-0.15, -0.1) is 0 Å². The lowest BCUT2D eigenvalue weighted by atomic mass is 10.3. The van der Waals surface area contributed by atoms with Gasteiger partial charge in [0.1, 0.15) is 6.29 Å². The molecule has 0 fully saturated rings. The van der Waals surface area contributed by atoms with E-state index in [1.807, 2.05) is 11.4 Å². The summed E-state index contributed by atoms with van der Waals surface area (Å²) >= 11 is 1.37. The van der Waals surface area contributed by atoms with Crippen LogP contribution in [0.2, 0.25) is 0 Å². The van der Waals surface area contributed by atoms with Crippen LogP contribution >= 0.6 is 11.5 Å². The molecule has 0 unspecified atom stereocenters. The summed E-state index contributed by atoms with van der Waals surface area (Å²) in [7, 11) is 0. The van der Waals surface area contributed by atoms with Crippen LogP contribution in [0.4, 0.5) is 0 Å². The van der Waals surface area contributed by atoms with E-state index in [4.69, 9.17) is 0 Å². The van der Waals surface area contributed by atoms with Gasteiger partial charge in [-0.1, -0.05) is 0 Å². The van der Waals surface area contributed by atoms with Gasteiger partial charge in [0.2, 0.25) is 0 Å². The molecular weight excluding hydrogens is 122 g/mol. The highest BCUT2D eigenvalue weighted by Gasteiger charge is 1.88. The van der Waals surface area contributed by atoms with Gasteiger partial charge in [0.25, 0.3) is 0 Å². The Labute approximate surface area is 51.3 Å². The molecule has 0 spiro atoms. The number of rotatable bonds is 2. The Kier molecular flexibility index (Phi) is 1.75. The van der Waals surface area contributed by atoms with E-state index >= 15 is 0 Å². The fraction of sp³-hybridized carbons (Fsp3) is 0.200. The molecule has 0 atom stereocenters. The number of nitrogens with zero attached hydrogens (tertiary/aromatic N) is 1. The van der Waals surface area contributed by atoms with Gasteiger partial charge in [-0.3, -0.25) is 0 Å². The fourth-order valence-electron chi connectivity index (χ4n) is 0.428. The van der Waals surface area contributed by atoms with Crippen LogP contribution in [0, 0.1) is 0 Å². The van der Waals surface area contributed by atoms with Crippen LogP contribution in [-0.2, 0) is 11.2 Å². The summed E-state index contributed by atoms with van der Waals surface area (Å²) in [5.41, 5.74) is 0.866. The van der Waals surface area contributed by atoms with Crippen LogP contribution in [0.1, 0.15) is 5.69 Å². The van der Waals surface area contributed by atoms with Crippen molar-refractivity contribution in [3.05, 3.63) is 17.1 Å². The van der Waals surface area contributed by atoms with Crippen molar-refractivity contribution in [2.45, 2.75) is 6.42 Å². The summed E-state index contributed by atoms with van der Waals surface area (Å²) in [6.07, 6.45) is 1.30. The van der Waals surface area contributed by atoms with Crippen molar-refractivity contribution in [3.8, 4) is 0 Å². The monoisotopic (exact) mass is 127 g/mol.